The van der Waals surface area contributed by atoms with Crippen LogP contribution in [0.15, 0.2) is 16.9 Å². The third kappa shape index (κ3) is 7.32. The van der Waals surface area contributed by atoms with Crippen LogP contribution in [0.5, 0.6) is 0 Å². The molecule has 0 saturated carbocycles. The molecule has 0 aliphatic carbocycles. The van der Waals surface area contributed by atoms with Gasteiger partial charge >= 0.3 is 5.71 Å². The van der Waals surface area contributed by atoms with Gasteiger partial charge in [-0.2, -0.15) is 0 Å². The van der Waals surface area contributed by atoms with Gasteiger partial charge in [0.2, 0.25) is 0 Å². The van der Waals surface area contributed by atoms with Crippen molar-refractivity contribution < 1.29 is 4.79 Å². The predicted octanol–water partition coefficient (Wildman–Crippen LogP) is 5.42. The summed E-state index contributed by atoms with van der Waals surface area (Å²) >= 11 is 0. The van der Waals surface area contributed by atoms with E-state index >= 15 is 0 Å². The molecule has 0 N–H and O–H groups in total. The Balaban J connectivity index is 2.15. The maximum Gasteiger partial charge on any atom is 0.347 e. The number of unbranched alkanes of at least 4 members (excludes halogenated alkanes) is 2. The third-order valence-electron chi connectivity index (χ3n) is 3.69. The minimum absolute atomic E-state index is 0.801. The molecule has 2 heteroatoms. The largest absolute Gasteiger partial charge is 0.347 e. The molecule has 0 atom stereocenters. The van der Waals surface area contributed by atoms with Crippen molar-refractivity contribution in [2.24, 2.45) is 17.0 Å². The smallest absolute Gasteiger partial charge is 0.0628 e. The summed E-state index contributed by atoms with van der Waals surface area (Å²) in [5.41, 5.74) is 2.65. The van der Waals surface area contributed by atoms with Gasteiger partial charge in [0.25, 0.3) is 0 Å². The van der Waals surface area contributed by atoms with Gasteiger partial charge in [-0.3, -0.25) is 0 Å². The zero-order chi connectivity index (χ0) is 14.1. The number of allylic oxidation sites excluding steroid dienone is 1. The molecule has 1 aliphatic rings. The van der Waals surface area contributed by atoms with Crippen LogP contribution in [0.3, 0.4) is 0 Å². The molecule has 2 nitrogen and oxygen atoms in total. The van der Waals surface area contributed by atoms with Crippen LogP contribution in [-0.4, -0.2) is 10.5 Å². The van der Waals surface area contributed by atoms with Gasteiger partial charge in [-0.05, 0) is 31.1 Å². The van der Waals surface area contributed by atoms with Gasteiger partial charge in [0, 0.05) is 0 Å². The Morgan fingerprint density at radius 3 is 2.26 bits per heavy atom. The Kier molecular flexibility index (Phi) is 7.74. The number of hydrogen-bond donors (Lipinski definition) is 0. The van der Waals surface area contributed by atoms with Crippen molar-refractivity contribution in [3.05, 3.63) is 11.8 Å². The molecular weight excluding hydrogens is 232 g/mol. The maximum absolute atomic E-state index is 4.30. The Morgan fingerprint density at radius 2 is 1.58 bits per heavy atom. The molecule has 0 aromatic rings. The second kappa shape index (κ2) is 9.09. The molecule has 1 aliphatic heterocycles. The first-order chi connectivity index (χ1) is 9.09. The summed E-state index contributed by atoms with van der Waals surface area (Å²) in [7, 11) is 0. The zero-order valence-corrected chi connectivity index (χ0v) is 13.3. The van der Waals surface area contributed by atoms with Gasteiger partial charge < -0.3 is 0 Å². The van der Waals surface area contributed by atoms with Crippen LogP contribution in [0.25, 0.3) is 0 Å². The first-order valence-corrected chi connectivity index (χ1v) is 8.05. The minimum atomic E-state index is 0.801. The Morgan fingerprint density at radius 1 is 0.895 bits per heavy atom. The molecule has 0 fully saturated rings. The monoisotopic (exact) mass is 263 g/mol. The van der Waals surface area contributed by atoms with Crippen LogP contribution in [0.2, 0.25) is 0 Å². The average Bonchev–Trinajstić information content (AvgIpc) is 2.75. The molecule has 0 bridgehead atoms. The highest BCUT2D eigenvalue weighted by molar-refractivity contribution is 5.96. The fourth-order valence-corrected chi connectivity index (χ4v) is 2.45. The molecule has 108 valence electrons. The number of rotatable bonds is 10. The lowest BCUT2D eigenvalue weighted by Gasteiger charge is -2.04. The van der Waals surface area contributed by atoms with E-state index in [-0.39, 0.29) is 0 Å². The lowest BCUT2D eigenvalue weighted by molar-refractivity contribution is -0.0755. The first kappa shape index (κ1) is 16.2. The van der Waals surface area contributed by atoms with E-state index in [2.05, 4.69) is 37.6 Å². The standard InChI is InChI=1S/C17H31N2/c1-14(2)9-6-5-7-12-17-16(13-18-19-17)11-8-10-15(3)4/h13-15H,5-12H2,1-4H3/q+1. The molecule has 0 amide bonds. The SMILES string of the molecule is CC(C)CCCCCC1=[N+]=NC=C1CCCC(C)C. The van der Waals surface area contributed by atoms with Crippen LogP contribution >= 0.6 is 0 Å². The summed E-state index contributed by atoms with van der Waals surface area (Å²) in [5.74, 6) is 1.64. The zero-order valence-electron chi connectivity index (χ0n) is 13.3. The second-order valence-electron chi connectivity index (χ2n) is 6.60. The Labute approximate surface area is 119 Å². The van der Waals surface area contributed by atoms with Gasteiger partial charge in [0.05, 0.1) is 16.8 Å². The topological polar surface area (TPSA) is 26.5 Å². The van der Waals surface area contributed by atoms with Crippen molar-refractivity contribution in [3.63, 3.8) is 0 Å². The van der Waals surface area contributed by atoms with E-state index in [1.165, 1.54) is 49.8 Å². The van der Waals surface area contributed by atoms with Crippen LogP contribution in [0.4, 0.5) is 0 Å². The van der Waals surface area contributed by atoms with Crippen LogP contribution in [0.1, 0.15) is 79.1 Å². The molecule has 1 heterocycles. The van der Waals surface area contributed by atoms with Gasteiger partial charge in [0.1, 0.15) is 11.3 Å². The minimum Gasteiger partial charge on any atom is -0.0628 e. The lowest BCUT2D eigenvalue weighted by atomic mass is 9.97. The normalized spacial score (nSPS) is 14.4. The summed E-state index contributed by atoms with van der Waals surface area (Å²) < 4.78 is 0. The number of nitrogens with zero attached hydrogens (tertiary/aromatic N) is 2. The van der Waals surface area contributed by atoms with E-state index in [9.17, 15) is 0 Å². The highest BCUT2D eigenvalue weighted by Gasteiger charge is 2.21. The molecule has 0 spiro atoms. The van der Waals surface area contributed by atoms with Crippen LogP contribution < -0.4 is 0 Å². The molecule has 0 saturated heterocycles. The van der Waals surface area contributed by atoms with E-state index in [4.69, 9.17) is 0 Å². The highest BCUT2D eigenvalue weighted by Crippen LogP contribution is 2.18. The molecule has 19 heavy (non-hydrogen) atoms. The van der Waals surface area contributed by atoms with Crippen molar-refractivity contribution >= 4 is 5.71 Å². The molecule has 0 aromatic carbocycles. The fourth-order valence-electron chi connectivity index (χ4n) is 2.45. The summed E-state index contributed by atoms with van der Waals surface area (Å²) in [4.78, 5) is 4.30. The summed E-state index contributed by atoms with van der Waals surface area (Å²) in [6.45, 7) is 9.18. The molecule has 0 aromatic heterocycles. The maximum atomic E-state index is 4.30. The predicted molar refractivity (Wildman–Crippen MR) is 82.4 cm³/mol. The van der Waals surface area contributed by atoms with E-state index < -0.39 is 0 Å². The lowest BCUT2D eigenvalue weighted by Crippen LogP contribution is -2.03. The molecule has 0 unspecified atom stereocenters. The van der Waals surface area contributed by atoms with Crippen molar-refractivity contribution in [2.75, 3.05) is 0 Å². The van der Waals surface area contributed by atoms with Crippen molar-refractivity contribution in [1.82, 2.24) is 0 Å². The fraction of sp³-hybridized carbons (Fsp3) is 0.824. The van der Waals surface area contributed by atoms with Crippen molar-refractivity contribution in [3.8, 4) is 0 Å². The summed E-state index contributed by atoms with van der Waals surface area (Å²) in [6.07, 6.45) is 12.1. The molecule has 0 radical (unpaired) electrons. The van der Waals surface area contributed by atoms with E-state index in [0.29, 0.717) is 0 Å². The first-order valence-electron chi connectivity index (χ1n) is 8.05. The third-order valence-corrected chi connectivity index (χ3v) is 3.69. The van der Waals surface area contributed by atoms with Crippen molar-refractivity contribution in [2.45, 2.75) is 79.1 Å². The summed E-state index contributed by atoms with van der Waals surface area (Å²) in [5, 5.41) is 4.10. The highest BCUT2D eigenvalue weighted by atomic mass is 15.0. The van der Waals surface area contributed by atoms with Crippen molar-refractivity contribution in [1.29, 1.82) is 0 Å². The van der Waals surface area contributed by atoms with E-state index in [1.807, 2.05) is 6.20 Å². The summed E-state index contributed by atoms with van der Waals surface area (Å²) in [6, 6.07) is 0. The van der Waals surface area contributed by atoms with Gasteiger partial charge in [0.15, 0.2) is 0 Å². The van der Waals surface area contributed by atoms with Gasteiger partial charge in [-0.15, -0.1) is 0 Å². The Hall–Kier alpha value is -0.880. The van der Waals surface area contributed by atoms with Crippen LogP contribution in [-0.2, 0) is 0 Å². The quantitative estimate of drug-likeness (QED) is 0.372. The van der Waals surface area contributed by atoms with Crippen LogP contribution in [0, 0.1) is 11.8 Å². The molecular formula is C17H31N2+. The van der Waals surface area contributed by atoms with E-state index in [0.717, 1.165) is 24.7 Å². The second-order valence-corrected chi connectivity index (χ2v) is 6.60. The average molecular weight is 263 g/mol. The van der Waals surface area contributed by atoms with Gasteiger partial charge in [-0.25, -0.2) is 0 Å². The van der Waals surface area contributed by atoms with Gasteiger partial charge in [-0.1, -0.05) is 53.4 Å². The van der Waals surface area contributed by atoms with E-state index in [1.54, 1.807) is 0 Å². The Bertz CT molecular complexity index is 344. The molecule has 1 rings (SSSR count). The number of hydrogen-bond acceptors (Lipinski definition) is 1.